The first kappa shape index (κ1) is 15.5. The molecule has 0 aromatic heterocycles. The van der Waals surface area contributed by atoms with Crippen molar-refractivity contribution < 1.29 is 23.1 Å². The number of carboxylic acids is 1. The van der Waals surface area contributed by atoms with Gasteiger partial charge in [-0.05, 0) is 31.0 Å². The number of hydrogen-bond acceptors (Lipinski definition) is 4. The molecule has 1 amide bonds. The summed E-state index contributed by atoms with van der Waals surface area (Å²) in [4.78, 5) is 23.1. The van der Waals surface area contributed by atoms with E-state index < -0.39 is 27.9 Å². The number of rotatable bonds is 5. The Labute approximate surface area is 123 Å². The van der Waals surface area contributed by atoms with E-state index >= 15 is 0 Å². The molecule has 0 fully saturated rings. The third-order valence-electron chi connectivity index (χ3n) is 3.62. The predicted octanol–water partition coefficient (Wildman–Crippen LogP) is 2.11. The Hall–Kier alpha value is -1.89. The third kappa shape index (κ3) is 2.42. The summed E-state index contributed by atoms with van der Waals surface area (Å²) in [5, 5.41) is 8.96. The monoisotopic (exact) mass is 311 g/mol. The Morgan fingerprint density at radius 3 is 2.52 bits per heavy atom. The number of amides is 1. The fourth-order valence-corrected chi connectivity index (χ4v) is 4.45. The van der Waals surface area contributed by atoms with Gasteiger partial charge in [-0.15, -0.1) is 0 Å². The first-order valence-electron chi connectivity index (χ1n) is 6.80. The maximum Gasteiger partial charge on any atom is 0.335 e. The first-order chi connectivity index (χ1) is 9.84. The molecule has 7 heteroatoms. The van der Waals surface area contributed by atoms with Crippen molar-refractivity contribution in [2.24, 2.45) is 0 Å². The summed E-state index contributed by atoms with van der Waals surface area (Å²) in [7, 11) is -3.96. The van der Waals surface area contributed by atoms with Crippen LogP contribution in [0.4, 0.5) is 0 Å². The summed E-state index contributed by atoms with van der Waals surface area (Å²) in [6.07, 6.45) is 1.87. The molecule has 1 aliphatic rings. The van der Waals surface area contributed by atoms with Gasteiger partial charge < -0.3 is 5.11 Å². The van der Waals surface area contributed by atoms with Crippen LogP contribution in [0.25, 0.3) is 0 Å². The van der Waals surface area contributed by atoms with Gasteiger partial charge in [0.05, 0.1) is 11.1 Å². The minimum absolute atomic E-state index is 0.0505. The number of sulfonamides is 1. The van der Waals surface area contributed by atoms with E-state index in [0.29, 0.717) is 12.8 Å². The maximum absolute atomic E-state index is 12.6. The molecule has 1 N–H and O–H groups in total. The van der Waals surface area contributed by atoms with Crippen LogP contribution in [-0.2, 0) is 10.0 Å². The summed E-state index contributed by atoms with van der Waals surface area (Å²) in [6.45, 7) is 3.75. The van der Waals surface area contributed by atoms with E-state index in [9.17, 15) is 18.0 Å². The van der Waals surface area contributed by atoms with Gasteiger partial charge in [-0.25, -0.2) is 17.5 Å². The van der Waals surface area contributed by atoms with Crippen molar-refractivity contribution in [3.63, 3.8) is 0 Å². The molecule has 2 rings (SSSR count). The molecular weight excluding hydrogens is 294 g/mol. The Kier molecular flexibility index (Phi) is 4.04. The average Bonchev–Trinajstić information content (AvgIpc) is 2.64. The van der Waals surface area contributed by atoms with Gasteiger partial charge in [0.1, 0.15) is 4.90 Å². The number of carboxylic acid groups (broad SMARTS) is 1. The van der Waals surface area contributed by atoms with Crippen molar-refractivity contribution in [3.8, 4) is 0 Å². The van der Waals surface area contributed by atoms with E-state index in [2.05, 4.69) is 0 Å². The largest absolute Gasteiger partial charge is 0.478 e. The fourth-order valence-electron chi connectivity index (χ4n) is 2.56. The second-order valence-corrected chi connectivity index (χ2v) is 6.76. The van der Waals surface area contributed by atoms with Gasteiger partial charge >= 0.3 is 5.97 Å². The Morgan fingerprint density at radius 2 is 2.00 bits per heavy atom. The van der Waals surface area contributed by atoms with E-state index in [1.54, 1.807) is 0 Å². The number of benzene rings is 1. The summed E-state index contributed by atoms with van der Waals surface area (Å²) < 4.78 is 26.0. The Morgan fingerprint density at radius 1 is 1.33 bits per heavy atom. The quantitative estimate of drug-likeness (QED) is 0.899. The minimum atomic E-state index is -3.96. The number of aromatic carboxylic acids is 1. The fraction of sp³-hybridized carbons (Fsp3) is 0.429. The van der Waals surface area contributed by atoms with Crippen LogP contribution in [0.2, 0.25) is 0 Å². The molecule has 1 aromatic carbocycles. The van der Waals surface area contributed by atoms with Crippen LogP contribution in [0.3, 0.4) is 0 Å². The van der Waals surface area contributed by atoms with Crippen LogP contribution in [0.1, 0.15) is 53.8 Å². The minimum Gasteiger partial charge on any atom is -0.478 e. The van der Waals surface area contributed by atoms with Gasteiger partial charge in [-0.2, -0.15) is 0 Å². The lowest BCUT2D eigenvalue weighted by molar-refractivity contribution is 0.0695. The summed E-state index contributed by atoms with van der Waals surface area (Å²) in [5.74, 6) is -1.79. The van der Waals surface area contributed by atoms with Crippen molar-refractivity contribution in [1.82, 2.24) is 4.31 Å². The summed E-state index contributed by atoms with van der Waals surface area (Å²) in [5.41, 5.74) is -0.0925. The summed E-state index contributed by atoms with van der Waals surface area (Å²) in [6, 6.07) is 3.19. The number of carbonyl (C=O) groups excluding carboxylic acids is 1. The molecule has 6 nitrogen and oxygen atoms in total. The zero-order valence-electron chi connectivity index (χ0n) is 11.9. The highest BCUT2D eigenvalue weighted by molar-refractivity contribution is 7.90. The lowest BCUT2D eigenvalue weighted by Crippen LogP contribution is -2.39. The SMILES string of the molecule is CCCC(CC)N1C(=O)c2ccc(C(=O)O)cc2S1(=O)=O. The van der Waals surface area contributed by atoms with Crippen LogP contribution in [0.15, 0.2) is 23.1 Å². The van der Waals surface area contributed by atoms with Crippen molar-refractivity contribution in [2.45, 2.75) is 44.0 Å². The topological polar surface area (TPSA) is 91.8 Å². The molecule has 1 aliphatic heterocycles. The van der Waals surface area contributed by atoms with Gasteiger partial charge in [-0.1, -0.05) is 20.3 Å². The molecule has 1 aromatic rings. The number of hydrogen-bond donors (Lipinski definition) is 1. The second-order valence-electron chi connectivity index (χ2n) is 4.97. The number of fused-ring (bicyclic) bond motifs is 1. The van der Waals surface area contributed by atoms with Crippen molar-refractivity contribution >= 4 is 21.9 Å². The van der Waals surface area contributed by atoms with Crippen LogP contribution in [0.5, 0.6) is 0 Å². The standard InChI is InChI=1S/C14H17NO5S/c1-3-5-10(4-2)15-13(16)11-7-6-9(14(17)18)8-12(11)21(15,19)20/h6-8,10H,3-5H2,1-2H3,(H,17,18). The molecule has 114 valence electrons. The highest BCUT2D eigenvalue weighted by atomic mass is 32.2. The molecule has 0 radical (unpaired) electrons. The Balaban J connectivity index is 2.56. The highest BCUT2D eigenvalue weighted by Gasteiger charge is 2.44. The van der Waals surface area contributed by atoms with Gasteiger partial charge in [0.15, 0.2) is 0 Å². The molecule has 21 heavy (non-hydrogen) atoms. The number of carbonyl (C=O) groups is 2. The normalized spacial score (nSPS) is 17.6. The molecule has 1 atom stereocenters. The first-order valence-corrected chi connectivity index (χ1v) is 8.24. The molecule has 0 saturated carbocycles. The van der Waals surface area contributed by atoms with Gasteiger partial charge in [0, 0.05) is 6.04 Å². The molecule has 1 heterocycles. The van der Waals surface area contributed by atoms with E-state index in [4.69, 9.17) is 5.11 Å². The van der Waals surface area contributed by atoms with Crippen molar-refractivity contribution in [3.05, 3.63) is 29.3 Å². The predicted molar refractivity (Wildman–Crippen MR) is 75.7 cm³/mol. The average molecular weight is 311 g/mol. The molecule has 0 saturated heterocycles. The van der Waals surface area contributed by atoms with Crippen LogP contribution in [0, 0.1) is 0 Å². The Bertz CT molecular complexity index is 695. The van der Waals surface area contributed by atoms with Crippen LogP contribution < -0.4 is 0 Å². The number of nitrogens with zero attached hydrogens (tertiary/aromatic N) is 1. The van der Waals surface area contributed by atoms with E-state index in [1.807, 2.05) is 13.8 Å². The van der Waals surface area contributed by atoms with E-state index in [-0.39, 0.29) is 16.0 Å². The molecule has 0 spiro atoms. The lowest BCUT2D eigenvalue weighted by atomic mass is 10.1. The van der Waals surface area contributed by atoms with Gasteiger partial charge in [0.25, 0.3) is 15.9 Å². The zero-order chi connectivity index (χ0) is 15.8. The lowest BCUT2D eigenvalue weighted by Gasteiger charge is -2.25. The van der Waals surface area contributed by atoms with E-state index in [0.717, 1.165) is 16.8 Å². The molecule has 1 unspecified atom stereocenters. The molecule has 0 aliphatic carbocycles. The smallest absolute Gasteiger partial charge is 0.335 e. The van der Waals surface area contributed by atoms with Crippen LogP contribution >= 0.6 is 0 Å². The van der Waals surface area contributed by atoms with Crippen molar-refractivity contribution in [2.75, 3.05) is 0 Å². The molecular formula is C14H17NO5S. The summed E-state index contributed by atoms with van der Waals surface area (Å²) >= 11 is 0. The van der Waals surface area contributed by atoms with Crippen LogP contribution in [-0.4, -0.2) is 35.7 Å². The van der Waals surface area contributed by atoms with E-state index in [1.165, 1.54) is 12.1 Å². The van der Waals surface area contributed by atoms with Gasteiger partial charge in [-0.3, -0.25) is 4.79 Å². The van der Waals surface area contributed by atoms with Crippen molar-refractivity contribution in [1.29, 1.82) is 0 Å². The molecule has 0 bridgehead atoms. The highest BCUT2D eigenvalue weighted by Crippen LogP contribution is 2.34. The van der Waals surface area contributed by atoms with Gasteiger partial charge in [0.2, 0.25) is 0 Å². The maximum atomic E-state index is 12.6. The second kappa shape index (κ2) is 5.48. The third-order valence-corrected chi connectivity index (χ3v) is 5.50. The zero-order valence-corrected chi connectivity index (χ0v) is 12.7.